The first-order valence-electron chi connectivity index (χ1n) is 12.3. The van der Waals surface area contributed by atoms with Crippen LogP contribution in [0.25, 0.3) is 22.2 Å². The van der Waals surface area contributed by atoms with Crippen molar-refractivity contribution in [3.05, 3.63) is 58.7 Å². The minimum Gasteiger partial charge on any atom is -0.398 e. The van der Waals surface area contributed by atoms with E-state index in [1.54, 1.807) is 22.8 Å². The summed E-state index contributed by atoms with van der Waals surface area (Å²) in [6.45, 7) is 7.83. The van der Waals surface area contributed by atoms with Gasteiger partial charge in [-0.2, -0.15) is 0 Å². The number of hydrogen-bond donors (Lipinski definition) is 2. The molecule has 0 bridgehead atoms. The number of hydrogen-bond acceptors (Lipinski definition) is 6. The van der Waals surface area contributed by atoms with Gasteiger partial charge in [0.15, 0.2) is 0 Å². The molecule has 1 aromatic heterocycles. The highest BCUT2D eigenvalue weighted by atomic mass is 16.5. The first-order chi connectivity index (χ1) is 17.3. The highest BCUT2D eigenvalue weighted by Crippen LogP contribution is 2.41. The zero-order valence-electron chi connectivity index (χ0n) is 20.9. The van der Waals surface area contributed by atoms with E-state index in [2.05, 4.69) is 6.92 Å². The van der Waals surface area contributed by atoms with E-state index in [1.807, 2.05) is 37.3 Å². The Balaban J connectivity index is 1.53. The van der Waals surface area contributed by atoms with Gasteiger partial charge in [0, 0.05) is 72.6 Å². The second kappa shape index (κ2) is 9.35. The summed E-state index contributed by atoms with van der Waals surface area (Å²) in [5, 5.41) is 8.88. The fraction of sp³-hybridized carbons (Fsp3) is 0.357. The molecule has 5 rings (SSSR count). The fourth-order valence-electron chi connectivity index (χ4n) is 5.45. The van der Waals surface area contributed by atoms with Crippen LogP contribution in [-0.2, 0) is 16.0 Å². The Kier molecular flexibility index (Phi) is 6.22. The lowest BCUT2D eigenvalue weighted by Gasteiger charge is -2.34. The van der Waals surface area contributed by atoms with Crippen LogP contribution in [-0.4, -0.2) is 65.1 Å². The number of nitrogens with two attached hydrogens (primary N) is 1. The highest BCUT2D eigenvalue weighted by molar-refractivity contribution is 6.05. The number of benzene rings is 2. The van der Waals surface area contributed by atoms with Crippen LogP contribution in [0.5, 0.6) is 0 Å². The molecule has 0 radical (unpaired) electrons. The Hall–Kier alpha value is -3.78. The second-order valence-electron chi connectivity index (χ2n) is 9.63. The van der Waals surface area contributed by atoms with Crippen molar-refractivity contribution in [1.29, 1.82) is 5.41 Å². The molecule has 0 saturated carbocycles. The number of fused-ring (bicyclic) bond motifs is 3. The third-order valence-corrected chi connectivity index (χ3v) is 7.27. The lowest BCUT2D eigenvalue weighted by atomic mass is 9.86. The van der Waals surface area contributed by atoms with E-state index in [-0.39, 0.29) is 24.0 Å². The summed E-state index contributed by atoms with van der Waals surface area (Å²) >= 11 is 0. The van der Waals surface area contributed by atoms with Crippen molar-refractivity contribution in [1.82, 2.24) is 14.8 Å². The highest BCUT2D eigenvalue weighted by Gasteiger charge is 2.30. The molecular weight excluding hydrogens is 454 g/mol. The third kappa shape index (κ3) is 4.11. The number of rotatable bonds is 3. The van der Waals surface area contributed by atoms with Gasteiger partial charge in [0.2, 0.25) is 5.91 Å². The van der Waals surface area contributed by atoms with E-state index in [1.165, 1.54) is 6.21 Å². The molecule has 2 amide bonds. The molecule has 8 heteroatoms. The van der Waals surface area contributed by atoms with Gasteiger partial charge >= 0.3 is 0 Å². The molecule has 0 spiro atoms. The molecule has 8 nitrogen and oxygen atoms in total. The molecule has 2 aliphatic heterocycles. The van der Waals surface area contributed by atoms with E-state index in [9.17, 15) is 9.59 Å². The van der Waals surface area contributed by atoms with Gasteiger partial charge in [-0.25, -0.2) is 4.98 Å². The predicted octanol–water partition coefficient (Wildman–Crippen LogP) is 3.81. The Morgan fingerprint density at radius 1 is 1.06 bits per heavy atom. The SMILES string of the molecule is CC(=O)N1CCN(C(=O)c2ccc(-c3nc4ccc(N)c(C=N)c4c4c3[C@H](C)OC(C)C4)cc2)CC1. The number of nitrogen functional groups attached to an aromatic ring is 1. The summed E-state index contributed by atoms with van der Waals surface area (Å²) in [5.74, 6) is 0.00979. The van der Waals surface area contributed by atoms with Gasteiger partial charge in [-0.05, 0) is 50.1 Å². The summed E-state index contributed by atoms with van der Waals surface area (Å²) in [6, 6.07) is 11.3. The number of nitrogens with zero attached hydrogens (tertiary/aromatic N) is 3. The van der Waals surface area contributed by atoms with Crippen LogP contribution in [0.15, 0.2) is 36.4 Å². The van der Waals surface area contributed by atoms with Crippen LogP contribution in [0.1, 0.15) is 53.9 Å². The monoisotopic (exact) mass is 485 g/mol. The average Bonchev–Trinajstić information content (AvgIpc) is 2.88. The Morgan fingerprint density at radius 3 is 2.36 bits per heavy atom. The molecule has 1 unspecified atom stereocenters. The first-order valence-corrected chi connectivity index (χ1v) is 12.3. The zero-order valence-corrected chi connectivity index (χ0v) is 20.9. The Morgan fingerprint density at radius 2 is 1.72 bits per heavy atom. The van der Waals surface area contributed by atoms with Crippen molar-refractivity contribution in [3.63, 3.8) is 0 Å². The number of aromatic nitrogens is 1. The minimum atomic E-state index is -0.172. The second-order valence-corrected chi connectivity index (χ2v) is 9.63. The largest absolute Gasteiger partial charge is 0.398 e. The third-order valence-electron chi connectivity index (χ3n) is 7.27. The quantitative estimate of drug-likeness (QED) is 0.433. The van der Waals surface area contributed by atoms with Crippen LogP contribution < -0.4 is 5.73 Å². The van der Waals surface area contributed by atoms with Gasteiger partial charge in [0.25, 0.3) is 5.91 Å². The summed E-state index contributed by atoms with van der Waals surface area (Å²) in [4.78, 5) is 33.2. The number of carbonyl (C=O) groups excluding carboxylic acids is 2. The Bertz CT molecular complexity index is 1360. The van der Waals surface area contributed by atoms with Crippen molar-refractivity contribution in [3.8, 4) is 11.3 Å². The van der Waals surface area contributed by atoms with E-state index in [4.69, 9.17) is 20.9 Å². The maximum absolute atomic E-state index is 13.1. The molecule has 1 saturated heterocycles. The van der Waals surface area contributed by atoms with Gasteiger partial charge in [-0.1, -0.05) is 12.1 Å². The maximum Gasteiger partial charge on any atom is 0.253 e. The normalized spacial score (nSPS) is 19.8. The lowest BCUT2D eigenvalue weighted by molar-refractivity contribution is -0.130. The molecule has 1 fully saturated rings. The molecule has 3 heterocycles. The average molecular weight is 486 g/mol. The van der Waals surface area contributed by atoms with Crippen LogP contribution in [0.4, 0.5) is 5.69 Å². The standard InChI is InChI=1S/C28H31N5O3/c1-16-14-21-25(17(2)36-16)27(31-24-9-8-23(30)22(15-29)26(21)24)19-4-6-20(7-5-19)28(35)33-12-10-32(11-13-33)18(3)34/h4-9,15-17,29H,10-14,30H2,1-3H3/t16?,17-/m0/s1. The number of amides is 2. The topological polar surface area (TPSA) is 113 Å². The van der Waals surface area contributed by atoms with Crippen LogP contribution >= 0.6 is 0 Å². The van der Waals surface area contributed by atoms with E-state index in [0.29, 0.717) is 49.4 Å². The first kappa shape index (κ1) is 23.9. The number of carbonyl (C=O) groups is 2. The lowest BCUT2D eigenvalue weighted by Crippen LogP contribution is -2.50. The van der Waals surface area contributed by atoms with Crippen LogP contribution in [0.2, 0.25) is 0 Å². The molecule has 3 N–H and O–H groups in total. The Labute approximate surface area is 210 Å². The number of anilines is 1. The van der Waals surface area contributed by atoms with Gasteiger partial charge in [0.05, 0.1) is 23.4 Å². The molecular formula is C28H31N5O3. The number of nitrogens with one attached hydrogen (secondary N) is 1. The molecule has 186 valence electrons. The van der Waals surface area contributed by atoms with Crippen molar-refractivity contribution >= 4 is 34.6 Å². The number of ether oxygens (including phenoxy) is 1. The molecule has 36 heavy (non-hydrogen) atoms. The summed E-state index contributed by atoms with van der Waals surface area (Å²) < 4.78 is 6.18. The molecule has 2 aromatic carbocycles. The summed E-state index contributed by atoms with van der Waals surface area (Å²) in [6.07, 6.45) is 1.88. The van der Waals surface area contributed by atoms with Crippen LogP contribution in [0.3, 0.4) is 0 Å². The fourth-order valence-corrected chi connectivity index (χ4v) is 5.45. The van der Waals surface area contributed by atoms with Gasteiger partial charge < -0.3 is 25.7 Å². The molecule has 3 aromatic rings. The summed E-state index contributed by atoms with van der Waals surface area (Å²) in [7, 11) is 0. The van der Waals surface area contributed by atoms with Crippen molar-refractivity contribution in [2.24, 2.45) is 0 Å². The smallest absolute Gasteiger partial charge is 0.253 e. The molecule has 2 atom stereocenters. The van der Waals surface area contributed by atoms with E-state index >= 15 is 0 Å². The van der Waals surface area contributed by atoms with Gasteiger partial charge in [-0.15, -0.1) is 0 Å². The number of pyridine rings is 1. The van der Waals surface area contributed by atoms with Crippen LogP contribution in [0, 0.1) is 5.41 Å². The summed E-state index contributed by atoms with van der Waals surface area (Å²) in [5.41, 5.74) is 12.7. The van der Waals surface area contributed by atoms with Gasteiger partial charge in [-0.3, -0.25) is 9.59 Å². The minimum absolute atomic E-state index is 0.0325. The molecule has 2 aliphatic rings. The maximum atomic E-state index is 13.1. The number of piperazine rings is 1. The van der Waals surface area contributed by atoms with Crippen molar-refractivity contribution in [2.75, 3.05) is 31.9 Å². The van der Waals surface area contributed by atoms with E-state index in [0.717, 1.165) is 33.3 Å². The van der Waals surface area contributed by atoms with Gasteiger partial charge in [0.1, 0.15) is 0 Å². The van der Waals surface area contributed by atoms with E-state index < -0.39 is 0 Å². The van der Waals surface area contributed by atoms with Crippen molar-refractivity contribution < 1.29 is 14.3 Å². The van der Waals surface area contributed by atoms with Crippen molar-refractivity contribution in [2.45, 2.75) is 39.4 Å². The zero-order chi connectivity index (χ0) is 25.6. The molecule has 0 aliphatic carbocycles. The predicted molar refractivity (Wildman–Crippen MR) is 140 cm³/mol.